The third-order valence-electron chi connectivity index (χ3n) is 2.67. The molecule has 2 rings (SSSR count). The molecule has 1 aromatic heterocycles. The predicted octanol–water partition coefficient (Wildman–Crippen LogP) is 1.74. The maximum absolute atomic E-state index is 9.86. The van der Waals surface area contributed by atoms with Gasteiger partial charge in [0.05, 0.1) is 11.3 Å². The molecule has 0 spiro atoms. The fraction of sp³-hybridized carbons (Fsp3) is 0.556. The molecule has 6 heteroatoms. The first-order valence-corrected chi connectivity index (χ1v) is 5.46. The lowest BCUT2D eigenvalue weighted by molar-refractivity contribution is 0.00850. The molecule has 0 saturated carbocycles. The van der Waals surface area contributed by atoms with Crippen molar-refractivity contribution in [3.8, 4) is 0 Å². The van der Waals surface area contributed by atoms with Gasteiger partial charge in [-0.15, -0.1) is 10.2 Å². The summed E-state index contributed by atoms with van der Waals surface area (Å²) >= 11 is 11.6. The van der Waals surface area contributed by atoms with Gasteiger partial charge in [0.2, 0.25) is 0 Å². The van der Waals surface area contributed by atoms with Crippen LogP contribution >= 0.6 is 23.2 Å². The summed E-state index contributed by atoms with van der Waals surface area (Å²) < 4.78 is 0. The van der Waals surface area contributed by atoms with Crippen molar-refractivity contribution in [1.82, 2.24) is 10.2 Å². The minimum absolute atomic E-state index is 0.307. The molecule has 0 unspecified atom stereocenters. The van der Waals surface area contributed by atoms with Crippen LogP contribution in [-0.4, -0.2) is 34.0 Å². The highest BCUT2D eigenvalue weighted by Crippen LogP contribution is 2.34. The van der Waals surface area contributed by atoms with E-state index in [4.69, 9.17) is 23.2 Å². The van der Waals surface area contributed by atoms with Crippen LogP contribution in [0.1, 0.15) is 13.3 Å². The fourth-order valence-corrected chi connectivity index (χ4v) is 1.98. The second-order valence-corrected chi connectivity index (χ2v) is 4.52. The van der Waals surface area contributed by atoms with E-state index in [9.17, 15) is 5.11 Å². The zero-order valence-corrected chi connectivity index (χ0v) is 9.76. The van der Waals surface area contributed by atoms with Gasteiger partial charge in [-0.1, -0.05) is 30.1 Å². The van der Waals surface area contributed by atoms with Gasteiger partial charge < -0.3 is 10.0 Å². The van der Waals surface area contributed by atoms with E-state index in [1.807, 2.05) is 11.8 Å². The van der Waals surface area contributed by atoms with Crippen LogP contribution in [0.25, 0.3) is 0 Å². The smallest absolute Gasteiger partial charge is 0.175 e. The monoisotopic (exact) mass is 247 g/mol. The van der Waals surface area contributed by atoms with Crippen molar-refractivity contribution in [3.63, 3.8) is 0 Å². The Hall–Kier alpha value is -0.580. The zero-order chi connectivity index (χ0) is 11.1. The van der Waals surface area contributed by atoms with Crippen LogP contribution in [0.2, 0.25) is 10.3 Å². The molecular formula is C9H11Cl2N3O. The summed E-state index contributed by atoms with van der Waals surface area (Å²) in [6.45, 7) is 3.08. The second-order valence-electron chi connectivity index (χ2n) is 3.78. The van der Waals surface area contributed by atoms with E-state index in [2.05, 4.69) is 10.2 Å². The van der Waals surface area contributed by atoms with E-state index in [0.717, 1.165) is 12.1 Å². The molecule has 1 aromatic rings. The molecular weight excluding hydrogens is 237 g/mol. The highest BCUT2D eigenvalue weighted by atomic mass is 35.5. The molecule has 1 aliphatic rings. The van der Waals surface area contributed by atoms with Crippen LogP contribution in [0.5, 0.6) is 0 Å². The molecule has 0 aliphatic carbocycles. The Morgan fingerprint density at radius 3 is 2.73 bits per heavy atom. The molecule has 82 valence electrons. The van der Waals surface area contributed by atoms with Crippen LogP contribution < -0.4 is 4.90 Å². The maximum Gasteiger partial charge on any atom is 0.175 e. The van der Waals surface area contributed by atoms with E-state index in [0.29, 0.717) is 23.4 Å². The Bertz CT molecular complexity index is 380. The van der Waals surface area contributed by atoms with Crippen molar-refractivity contribution in [2.24, 2.45) is 0 Å². The van der Waals surface area contributed by atoms with Crippen LogP contribution in [0.15, 0.2) is 6.07 Å². The number of nitrogens with zero attached hydrogens (tertiary/aromatic N) is 3. The molecule has 1 aliphatic heterocycles. The average Bonchev–Trinajstić information content (AvgIpc) is 2.17. The third kappa shape index (κ3) is 2.02. The van der Waals surface area contributed by atoms with Crippen LogP contribution in [0.3, 0.4) is 0 Å². The minimum atomic E-state index is -0.598. The normalized spacial score (nSPS) is 18.8. The lowest BCUT2D eigenvalue weighted by atomic mass is 9.91. The number of hydrogen-bond acceptors (Lipinski definition) is 4. The Labute approximate surface area is 97.8 Å². The standard InChI is InChI=1S/C9H11Cl2N3O/c1-2-9(15)4-14(5-9)6-3-7(10)12-13-8(6)11/h3,15H,2,4-5H2,1H3. The van der Waals surface area contributed by atoms with Crippen LogP contribution in [0, 0.1) is 0 Å². The second kappa shape index (κ2) is 3.77. The van der Waals surface area contributed by atoms with E-state index >= 15 is 0 Å². The zero-order valence-electron chi connectivity index (χ0n) is 8.24. The van der Waals surface area contributed by atoms with Crippen molar-refractivity contribution in [3.05, 3.63) is 16.4 Å². The van der Waals surface area contributed by atoms with E-state index in [-0.39, 0.29) is 0 Å². The number of anilines is 1. The molecule has 1 fully saturated rings. The number of aromatic nitrogens is 2. The summed E-state index contributed by atoms with van der Waals surface area (Å²) in [4.78, 5) is 1.94. The van der Waals surface area contributed by atoms with Gasteiger partial charge in [-0.25, -0.2) is 0 Å². The number of hydrogen-bond donors (Lipinski definition) is 1. The SMILES string of the molecule is CCC1(O)CN(c2cc(Cl)nnc2Cl)C1. The van der Waals surface area contributed by atoms with Crippen molar-refractivity contribution >= 4 is 28.9 Å². The number of halogens is 2. The molecule has 2 heterocycles. The Balaban J connectivity index is 2.16. The average molecular weight is 248 g/mol. The molecule has 0 aromatic carbocycles. The number of β-amino-alcohol motifs (C(OH)–C–C–N with tert-alkyl or cyclic N) is 1. The Kier molecular flexibility index (Phi) is 2.75. The lowest BCUT2D eigenvalue weighted by Gasteiger charge is -2.47. The predicted molar refractivity (Wildman–Crippen MR) is 59.5 cm³/mol. The Morgan fingerprint density at radius 1 is 1.47 bits per heavy atom. The van der Waals surface area contributed by atoms with Gasteiger partial charge in [0.15, 0.2) is 10.3 Å². The lowest BCUT2D eigenvalue weighted by Crippen LogP contribution is -2.61. The van der Waals surface area contributed by atoms with Crippen molar-refractivity contribution < 1.29 is 5.11 Å². The molecule has 0 amide bonds. The topological polar surface area (TPSA) is 49.2 Å². The minimum Gasteiger partial charge on any atom is -0.386 e. The molecule has 4 nitrogen and oxygen atoms in total. The summed E-state index contributed by atoms with van der Waals surface area (Å²) in [6.07, 6.45) is 0.730. The third-order valence-corrected chi connectivity index (χ3v) is 3.12. The van der Waals surface area contributed by atoms with E-state index in [1.54, 1.807) is 6.07 Å². The molecule has 0 atom stereocenters. The van der Waals surface area contributed by atoms with Gasteiger partial charge in [0.1, 0.15) is 0 Å². The molecule has 0 bridgehead atoms. The molecule has 1 N–H and O–H groups in total. The maximum atomic E-state index is 9.86. The van der Waals surface area contributed by atoms with Crippen LogP contribution in [0.4, 0.5) is 5.69 Å². The largest absolute Gasteiger partial charge is 0.386 e. The molecule has 1 saturated heterocycles. The summed E-state index contributed by atoms with van der Waals surface area (Å²) in [7, 11) is 0. The van der Waals surface area contributed by atoms with Gasteiger partial charge in [-0.2, -0.15) is 0 Å². The summed E-state index contributed by atoms with van der Waals surface area (Å²) in [6, 6.07) is 1.66. The first kappa shape index (κ1) is 10.9. The number of aliphatic hydroxyl groups is 1. The van der Waals surface area contributed by atoms with Crippen molar-refractivity contribution in [2.45, 2.75) is 18.9 Å². The fourth-order valence-electron chi connectivity index (χ4n) is 1.62. The summed E-state index contributed by atoms with van der Waals surface area (Å²) in [5, 5.41) is 17.8. The molecule has 0 radical (unpaired) electrons. The summed E-state index contributed by atoms with van der Waals surface area (Å²) in [5.74, 6) is 0. The van der Waals surface area contributed by atoms with E-state index < -0.39 is 5.60 Å². The van der Waals surface area contributed by atoms with Crippen LogP contribution in [-0.2, 0) is 0 Å². The van der Waals surface area contributed by atoms with Gasteiger partial charge in [-0.3, -0.25) is 0 Å². The highest BCUT2D eigenvalue weighted by Gasteiger charge is 2.40. The summed E-state index contributed by atoms with van der Waals surface area (Å²) in [5.41, 5.74) is 0.133. The highest BCUT2D eigenvalue weighted by molar-refractivity contribution is 6.33. The van der Waals surface area contributed by atoms with Gasteiger partial charge in [-0.05, 0) is 6.42 Å². The molecule has 15 heavy (non-hydrogen) atoms. The Morgan fingerprint density at radius 2 is 2.13 bits per heavy atom. The van der Waals surface area contributed by atoms with E-state index in [1.165, 1.54) is 0 Å². The van der Waals surface area contributed by atoms with Gasteiger partial charge >= 0.3 is 0 Å². The van der Waals surface area contributed by atoms with Gasteiger partial charge in [0, 0.05) is 19.2 Å². The van der Waals surface area contributed by atoms with Gasteiger partial charge in [0.25, 0.3) is 0 Å². The van der Waals surface area contributed by atoms with Crippen molar-refractivity contribution in [2.75, 3.05) is 18.0 Å². The number of rotatable bonds is 2. The first-order chi connectivity index (χ1) is 7.04. The van der Waals surface area contributed by atoms with Crippen molar-refractivity contribution in [1.29, 1.82) is 0 Å². The first-order valence-electron chi connectivity index (χ1n) is 4.70. The quantitative estimate of drug-likeness (QED) is 0.866.